The second-order valence-corrected chi connectivity index (χ2v) is 7.22. The van der Waals surface area contributed by atoms with Crippen molar-refractivity contribution in [3.8, 4) is 0 Å². The zero-order valence-corrected chi connectivity index (χ0v) is 16.7. The van der Waals surface area contributed by atoms with Crippen LogP contribution in [0.3, 0.4) is 0 Å². The van der Waals surface area contributed by atoms with E-state index < -0.39 is 0 Å². The van der Waals surface area contributed by atoms with E-state index in [1.807, 2.05) is 11.8 Å². The van der Waals surface area contributed by atoms with Gasteiger partial charge in [0, 0.05) is 36.8 Å². The summed E-state index contributed by atoms with van der Waals surface area (Å²) in [5.41, 5.74) is 10.1. The Morgan fingerprint density at radius 2 is 2.00 bits per heavy atom. The van der Waals surface area contributed by atoms with Crippen molar-refractivity contribution < 1.29 is 0 Å². The zero-order valence-electron chi connectivity index (χ0n) is 13.6. The van der Waals surface area contributed by atoms with Crippen LogP contribution in [0, 0.1) is 0 Å². The molecule has 1 aromatic rings. The molecule has 1 fully saturated rings. The van der Waals surface area contributed by atoms with Crippen molar-refractivity contribution >= 4 is 47.4 Å². The fourth-order valence-electron chi connectivity index (χ4n) is 3.21. The first-order valence-electron chi connectivity index (χ1n) is 8.31. The van der Waals surface area contributed by atoms with Gasteiger partial charge < -0.3 is 11.1 Å². The summed E-state index contributed by atoms with van der Waals surface area (Å²) >= 11 is 2.04. The van der Waals surface area contributed by atoms with Crippen molar-refractivity contribution in [2.75, 3.05) is 43.0 Å². The van der Waals surface area contributed by atoms with Crippen LogP contribution in [0.4, 0.5) is 5.69 Å². The highest BCUT2D eigenvalue weighted by Crippen LogP contribution is 2.27. The van der Waals surface area contributed by atoms with Gasteiger partial charge >= 0.3 is 0 Å². The summed E-state index contributed by atoms with van der Waals surface area (Å²) in [4.78, 5) is 6.97. The lowest BCUT2D eigenvalue weighted by Crippen LogP contribution is -2.35. The highest BCUT2D eigenvalue weighted by Gasteiger charge is 2.13. The Morgan fingerprint density at radius 3 is 2.83 bits per heavy atom. The van der Waals surface area contributed by atoms with Crippen LogP contribution in [0.1, 0.15) is 24.0 Å². The number of fused-ring (bicyclic) bond motifs is 1. The molecular weight excluding hydrogens is 419 g/mol. The van der Waals surface area contributed by atoms with E-state index in [9.17, 15) is 0 Å². The molecule has 3 rings (SSSR count). The number of anilines is 1. The van der Waals surface area contributed by atoms with Crippen LogP contribution in [0.25, 0.3) is 0 Å². The molecule has 4 nitrogen and oxygen atoms in total. The van der Waals surface area contributed by atoms with Gasteiger partial charge in [-0.2, -0.15) is 11.8 Å². The molecule has 2 aliphatic rings. The second kappa shape index (κ2) is 9.74. The second-order valence-electron chi connectivity index (χ2n) is 6.00. The molecule has 1 aromatic carbocycles. The number of hydrogen-bond acceptors (Lipinski definition) is 3. The van der Waals surface area contributed by atoms with Crippen molar-refractivity contribution in [3.05, 3.63) is 29.3 Å². The Morgan fingerprint density at radius 1 is 1.22 bits per heavy atom. The van der Waals surface area contributed by atoms with E-state index in [0.29, 0.717) is 5.96 Å². The van der Waals surface area contributed by atoms with Crippen LogP contribution in [-0.2, 0) is 12.8 Å². The Labute approximate surface area is 160 Å². The van der Waals surface area contributed by atoms with Crippen molar-refractivity contribution in [1.29, 1.82) is 0 Å². The number of rotatable bonds is 4. The Kier molecular flexibility index (Phi) is 7.98. The van der Waals surface area contributed by atoms with Crippen LogP contribution in [0.5, 0.6) is 0 Å². The van der Waals surface area contributed by atoms with Crippen LogP contribution < -0.4 is 11.1 Å². The minimum atomic E-state index is 0. The van der Waals surface area contributed by atoms with Crippen molar-refractivity contribution in [2.45, 2.75) is 25.7 Å². The maximum absolute atomic E-state index is 6.07. The lowest BCUT2D eigenvalue weighted by atomic mass is 9.90. The third kappa shape index (κ3) is 5.53. The first-order valence-corrected chi connectivity index (χ1v) is 9.46. The van der Waals surface area contributed by atoms with E-state index in [-0.39, 0.29) is 24.0 Å². The predicted octanol–water partition coefficient (Wildman–Crippen LogP) is 2.96. The number of hydrogen-bond donors (Lipinski definition) is 2. The molecule has 0 atom stereocenters. The summed E-state index contributed by atoms with van der Waals surface area (Å²) in [6, 6.07) is 6.47. The van der Waals surface area contributed by atoms with E-state index in [2.05, 4.69) is 33.4 Å². The van der Waals surface area contributed by atoms with Gasteiger partial charge in [0.2, 0.25) is 0 Å². The molecule has 0 saturated carbocycles. The van der Waals surface area contributed by atoms with Gasteiger partial charge in [-0.1, -0.05) is 12.1 Å². The molecule has 1 aliphatic carbocycles. The maximum atomic E-state index is 6.07. The first-order chi connectivity index (χ1) is 10.8. The third-order valence-electron chi connectivity index (χ3n) is 4.46. The number of nitrogens with one attached hydrogen (secondary N) is 1. The molecule has 0 unspecified atom stereocenters. The highest BCUT2D eigenvalue weighted by atomic mass is 127. The van der Waals surface area contributed by atoms with Gasteiger partial charge in [-0.05, 0) is 42.9 Å². The molecule has 128 valence electrons. The number of halogens is 1. The smallest absolute Gasteiger partial charge is 0.193 e. The normalized spacial score (nSPS) is 18.9. The van der Waals surface area contributed by atoms with Gasteiger partial charge in [-0.25, -0.2) is 0 Å². The predicted molar refractivity (Wildman–Crippen MR) is 112 cm³/mol. The molecule has 3 N–H and O–H groups in total. The summed E-state index contributed by atoms with van der Waals surface area (Å²) in [6.07, 6.45) is 4.91. The van der Waals surface area contributed by atoms with Crippen LogP contribution >= 0.6 is 35.7 Å². The number of thioether (sulfide) groups is 1. The molecular formula is C17H27IN4S. The monoisotopic (exact) mass is 446 g/mol. The summed E-state index contributed by atoms with van der Waals surface area (Å²) < 4.78 is 0. The van der Waals surface area contributed by atoms with Gasteiger partial charge in [0.05, 0.1) is 6.54 Å². The van der Waals surface area contributed by atoms with Gasteiger partial charge in [-0.15, -0.1) is 24.0 Å². The number of nitrogens with zero attached hydrogens (tertiary/aromatic N) is 2. The minimum Gasteiger partial charge on any atom is -0.370 e. The van der Waals surface area contributed by atoms with E-state index in [1.54, 1.807) is 0 Å². The fraction of sp³-hybridized carbons (Fsp3) is 0.588. The first kappa shape index (κ1) is 18.9. The lowest BCUT2D eigenvalue weighted by Gasteiger charge is -2.25. The third-order valence-corrected chi connectivity index (χ3v) is 5.40. The number of aryl methyl sites for hydroxylation is 1. The Bertz CT molecular complexity index is 529. The van der Waals surface area contributed by atoms with E-state index >= 15 is 0 Å². The average molecular weight is 446 g/mol. The minimum absolute atomic E-state index is 0. The van der Waals surface area contributed by atoms with Crippen molar-refractivity contribution in [1.82, 2.24) is 4.90 Å². The van der Waals surface area contributed by atoms with E-state index in [4.69, 9.17) is 5.73 Å². The molecule has 1 saturated heterocycles. The van der Waals surface area contributed by atoms with Crippen molar-refractivity contribution in [2.24, 2.45) is 10.7 Å². The summed E-state index contributed by atoms with van der Waals surface area (Å²) in [6.45, 7) is 4.15. The number of nitrogens with two attached hydrogens (primary N) is 1. The zero-order chi connectivity index (χ0) is 15.2. The highest BCUT2D eigenvalue weighted by molar-refractivity contribution is 14.0. The van der Waals surface area contributed by atoms with E-state index in [1.165, 1.54) is 55.0 Å². The van der Waals surface area contributed by atoms with Crippen molar-refractivity contribution in [3.63, 3.8) is 0 Å². The Hall–Kier alpha value is -0.470. The van der Waals surface area contributed by atoms with Gasteiger partial charge in [0.25, 0.3) is 0 Å². The van der Waals surface area contributed by atoms with E-state index in [0.717, 1.165) is 25.2 Å². The standard InChI is InChI=1S/C17H26N4S.HI/c18-17(19-8-9-21-10-12-22-13-11-21)20-16-7-3-5-14-4-1-2-6-15(14)16;/h3,5,7H,1-2,4,6,8-13H2,(H3,18,19,20);1H. The van der Waals surface area contributed by atoms with Crippen LogP contribution in [0.15, 0.2) is 23.2 Å². The fourth-order valence-corrected chi connectivity index (χ4v) is 4.19. The molecule has 23 heavy (non-hydrogen) atoms. The number of aliphatic imine (C=N–C) groups is 1. The molecule has 0 amide bonds. The average Bonchev–Trinajstić information content (AvgIpc) is 2.56. The topological polar surface area (TPSA) is 53.6 Å². The molecule has 0 aromatic heterocycles. The SMILES string of the molecule is I.NC(=NCCN1CCSCC1)Nc1cccc2c1CCCC2. The summed E-state index contributed by atoms with van der Waals surface area (Å²) in [7, 11) is 0. The molecule has 0 bridgehead atoms. The molecule has 1 heterocycles. The Balaban J connectivity index is 0.00000192. The largest absolute Gasteiger partial charge is 0.370 e. The number of guanidine groups is 1. The lowest BCUT2D eigenvalue weighted by molar-refractivity contribution is 0.311. The summed E-state index contributed by atoms with van der Waals surface area (Å²) in [5, 5.41) is 3.31. The molecule has 0 radical (unpaired) electrons. The van der Waals surface area contributed by atoms with Gasteiger partial charge in [0.15, 0.2) is 5.96 Å². The van der Waals surface area contributed by atoms with Crippen LogP contribution in [0.2, 0.25) is 0 Å². The number of benzene rings is 1. The van der Waals surface area contributed by atoms with Crippen LogP contribution in [-0.4, -0.2) is 48.5 Å². The molecule has 6 heteroatoms. The molecule has 0 spiro atoms. The van der Waals surface area contributed by atoms with Gasteiger partial charge in [-0.3, -0.25) is 9.89 Å². The maximum Gasteiger partial charge on any atom is 0.193 e. The summed E-state index contributed by atoms with van der Waals surface area (Å²) in [5.74, 6) is 3.03. The quantitative estimate of drug-likeness (QED) is 0.424. The van der Waals surface area contributed by atoms with Gasteiger partial charge in [0.1, 0.15) is 0 Å². The molecule has 1 aliphatic heterocycles.